The van der Waals surface area contributed by atoms with E-state index in [9.17, 15) is 9.59 Å². The van der Waals surface area contributed by atoms with E-state index in [4.69, 9.17) is 9.26 Å². The van der Waals surface area contributed by atoms with Gasteiger partial charge in [0.05, 0.1) is 24.1 Å². The van der Waals surface area contributed by atoms with Crippen LogP contribution < -0.4 is 15.4 Å². The van der Waals surface area contributed by atoms with E-state index in [1.807, 2.05) is 13.0 Å². The zero-order valence-electron chi connectivity index (χ0n) is 16.2. The second-order valence-corrected chi connectivity index (χ2v) is 7.09. The molecule has 0 aliphatic heterocycles. The molecule has 0 atom stereocenters. The normalized spacial score (nSPS) is 10.4. The first kappa shape index (κ1) is 20.4. The number of aryl methyl sites for hydroxylation is 1. The Morgan fingerprint density at radius 3 is 2.72 bits per heavy atom. The molecule has 2 aromatic heterocycles. The molecule has 0 spiro atoms. The van der Waals surface area contributed by atoms with Gasteiger partial charge in [-0.2, -0.15) is 0 Å². The third-order valence-corrected chi connectivity index (χ3v) is 4.86. The maximum Gasteiger partial charge on any atom is 0.258 e. The van der Waals surface area contributed by atoms with E-state index in [0.29, 0.717) is 33.5 Å². The highest BCUT2D eigenvalue weighted by Crippen LogP contribution is 2.30. The van der Waals surface area contributed by atoms with E-state index in [-0.39, 0.29) is 11.8 Å². The summed E-state index contributed by atoms with van der Waals surface area (Å²) in [5.74, 6) is 1.18. The van der Waals surface area contributed by atoms with E-state index < -0.39 is 0 Å². The molecule has 8 nitrogen and oxygen atoms in total. The zero-order valence-corrected chi connectivity index (χ0v) is 17.0. The van der Waals surface area contributed by atoms with Crippen molar-refractivity contribution in [2.75, 3.05) is 17.7 Å². The number of nitrogens with one attached hydrogen (secondary N) is 2. The Kier molecular flexibility index (Phi) is 6.50. The molecular formula is C20H20N4O4S. The fourth-order valence-electron chi connectivity index (χ4n) is 2.58. The number of carbonyl (C=O) groups is 2. The maximum atomic E-state index is 12.9. The van der Waals surface area contributed by atoms with Crippen molar-refractivity contribution in [3.05, 3.63) is 59.6 Å². The molecule has 0 bridgehead atoms. The number of hydrogen-bond donors (Lipinski definition) is 2. The first-order valence-corrected chi connectivity index (χ1v) is 9.72. The first-order chi connectivity index (χ1) is 14.0. The first-order valence-electron chi connectivity index (χ1n) is 8.73. The molecule has 2 heterocycles. The average molecular weight is 412 g/mol. The number of aromatic nitrogens is 2. The fraction of sp³-hybridized carbons (Fsp3) is 0.200. The van der Waals surface area contributed by atoms with Gasteiger partial charge in [-0.25, -0.2) is 4.98 Å². The highest BCUT2D eigenvalue weighted by molar-refractivity contribution is 7.98. The Morgan fingerprint density at radius 1 is 1.21 bits per heavy atom. The molecular weight excluding hydrogens is 392 g/mol. The molecule has 29 heavy (non-hydrogen) atoms. The van der Waals surface area contributed by atoms with Gasteiger partial charge in [-0.3, -0.25) is 9.59 Å². The SMILES string of the molecule is COc1ccc(NC(C)=O)cc1NC(=O)c1cccnc1SCc1cc(C)on1. The van der Waals surface area contributed by atoms with Crippen LogP contribution in [-0.2, 0) is 10.5 Å². The summed E-state index contributed by atoms with van der Waals surface area (Å²) in [5.41, 5.74) is 2.19. The van der Waals surface area contributed by atoms with E-state index in [2.05, 4.69) is 20.8 Å². The van der Waals surface area contributed by atoms with E-state index in [0.717, 1.165) is 11.5 Å². The van der Waals surface area contributed by atoms with Crippen LogP contribution in [0.15, 0.2) is 52.1 Å². The van der Waals surface area contributed by atoms with Crippen LogP contribution >= 0.6 is 11.8 Å². The smallest absolute Gasteiger partial charge is 0.258 e. The maximum absolute atomic E-state index is 12.9. The van der Waals surface area contributed by atoms with Gasteiger partial charge in [0.25, 0.3) is 5.91 Å². The number of nitrogens with zero attached hydrogens (tertiary/aromatic N) is 2. The fourth-order valence-corrected chi connectivity index (χ4v) is 3.46. The summed E-state index contributed by atoms with van der Waals surface area (Å²) in [5, 5.41) is 10.0. The van der Waals surface area contributed by atoms with Gasteiger partial charge in [0.1, 0.15) is 16.5 Å². The molecule has 0 aliphatic carbocycles. The number of rotatable bonds is 7. The van der Waals surface area contributed by atoms with Gasteiger partial charge in [0.2, 0.25) is 5.91 Å². The molecule has 0 unspecified atom stereocenters. The molecule has 0 saturated heterocycles. The summed E-state index contributed by atoms with van der Waals surface area (Å²) < 4.78 is 10.4. The van der Waals surface area contributed by atoms with E-state index in [1.165, 1.54) is 25.8 Å². The quantitative estimate of drug-likeness (QED) is 0.567. The Balaban J connectivity index is 1.79. The van der Waals surface area contributed by atoms with Gasteiger partial charge in [0, 0.05) is 30.6 Å². The average Bonchev–Trinajstić information content (AvgIpc) is 3.11. The van der Waals surface area contributed by atoms with E-state index in [1.54, 1.807) is 36.5 Å². The molecule has 3 rings (SSSR count). The Bertz CT molecular complexity index is 1030. The summed E-state index contributed by atoms with van der Waals surface area (Å²) in [6.45, 7) is 3.24. The second kappa shape index (κ2) is 9.24. The van der Waals surface area contributed by atoms with Crippen LogP contribution in [0.2, 0.25) is 0 Å². The lowest BCUT2D eigenvalue weighted by Crippen LogP contribution is -2.15. The standard InChI is InChI=1S/C20H20N4O4S/c1-12-9-15(24-28-12)11-29-20-16(5-4-8-21-20)19(26)23-17-10-14(22-13(2)25)6-7-18(17)27-3/h4-10H,11H2,1-3H3,(H,22,25)(H,23,26). The third-order valence-electron chi connectivity index (χ3n) is 3.82. The van der Waals surface area contributed by atoms with Crippen LogP contribution in [-0.4, -0.2) is 29.1 Å². The monoisotopic (exact) mass is 412 g/mol. The minimum absolute atomic E-state index is 0.207. The van der Waals surface area contributed by atoms with Crippen molar-refractivity contribution < 1.29 is 18.8 Å². The number of benzene rings is 1. The van der Waals surface area contributed by atoms with Crippen molar-refractivity contribution in [3.8, 4) is 5.75 Å². The van der Waals surface area contributed by atoms with Crippen LogP contribution in [0.25, 0.3) is 0 Å². The minimum Gasteiger partial charge on any atom is -0.495 e. The molecule has 9 heteroatoms. The van der Waals surface area contributed by atoms with Gasteiger partial charge in [-0.05, 0) is 37.3 Å². The van der Waals surface area contributed by atoms with Crippen LogP contribution in [0.4, 0.5) is 11.4 Å². The molecule has 150 valence electrons. The van der Waals surface area contributed by atoms with Gasteiger partial charge < -0.3 is 19.9 Å². The number of hydrogen-bond acceptors (Lipinski definition) is 7. The predicted octanol–water partition coefficient (Wildman–Crippen LogP) is 3.89. The topological polar surface area (TPSA) is 106 Å². The van der Waals surface area contributed by atoms with E-state index >= 15 is 0 Å². The molecule has 2 amide bonds. The summed E-state index contributed by atoms with van der Waals surface area (Å²) in [7, 11) is 1.51. The Labute approximate surface area is 172 Å². The molecule has 0 fully saturated rings. The number of methoxy groups -OCH3 is 1. The summed E-state index contributed by atoms with van der Waals surface area (Å²) in [6.07, 6.45) is 1.63. The van der Waals surface area contributed by atoms with Crippen molar-refractivity contribution in [1.29, 1.82) is 0 Å². The van der Waals surface area contributed by atoms with Gasteiger partial charge >= 0.3 is 0 Å². The lowest BCUT2D eigenvalue weighted by atomic mass is 10.2. The number of anilines is 2. The van der Waals surface area contributed by atoms with Crippen molar-refractivity contribution in [3.63, 3.8) is 0 Å². The summed E-state index contributed by atoms with van der Waals surface area (Å²) >= 11 is 1.39. The van der Waals surface area contributed by atoms with Crippen LogP contribution in [0.1, 0.15) is 28.7 Å². The Hall–Kier alpha value is -3.33. The third kappa shape index (κ3) is 5.35. The molecule has 0 radical (unpaired) electrons. The number of ether oxygens (including phenoxy) is 1. The Morgan fingerprint density at radius 2 is 2.03 bits per heavy atom. The van der Waals surface area contributed by atoms with Crippen LogP contribution in [0.3, 0.4) is 0 Å². The molecule has 3 aromatic rings. The lowest BCUT2D eigenvalue weighted by Gasteiger charge is -2.13. The predicted molar refractivity (Wildman–Crippen MR) is 110 cm³/mol. The van der Waals surface area contributed by atoms with Crippen LogP contribution in [0.5, 0.6) is 5.75 Å². The summed E-state index contributed by atoms with van der Waals surface area (Å²) in [6, 6.07) is 10.2. The second-order valence-electron chi connectivity index (χ2n) is 6.12. The number of amides is 2. The number of thioether (sulfide) groups is 1. The molecule has 1 aromatic carbocycles. The van der Waals surface area contributed by atoms with Crippen molar-refractivity contribution >= 4 is 35.0 Å². The van der Waals surface area contributed by atoms with Crippen molar-refractivity contribution in [2.24, 2.45) is 0 Å². The van der Waals surface area contributed by atoms with Crippen molar-refractivity contribution in [2.45, 2.75) is 24.6 Å². The molecule has 2 N–H and O–H groups in total. The molecule has 0 aliphatic rings. The van der Waals surface area contributed by atoms with Gasteiger partial charge in [-0.1, -0.05) is 16.9 Å². The zero-order chi connectivity index (χ0) is 20.8. The molecule has 0 saturated carbocycles. The van der Waals surface area contributed by atoms with Crippen molar-refractivity contribution in [1.82, 2.24) is 10.1 Å². The van der Waals surface area contributed by atoms with Crippen LogP contribution in [0, 0.1) is 6.92 Å². The highest BCUT2D eigenvalue weighted by atomic mass is 32.2. The largest absolute Gasteiger partial charge is 0.495 e. The summed E-state index contributed by atoms with van der Waals surface area (Å²) in [4.78, 5) is 28.5. The minimum atomic E-state index is -0.338. The van der Waals surface area contributed by atoms with Gasteiger partial charge in [-0.15, -0.1) is 0 Å². The lowest BCUT2D eigenvalue weighted by molar-refractivity contribution is -0.114. The van der Waals surface area contributed by atoms with Gasteiger partial charge in [0.15, 0.2) is 0 Å². The number of pyridine rings is 1. The highest BCUT2D eigenvalue weighted by Gasteiger charge is 2.16. The number of carbonyl (C=O) groups excluding carboxylic acids is 2.